The number of benzene rings is 3. The second-order valence-corrected chi connectivity index (χ2v) is 7.66. The minimum atomic E-state index is -3.94. The van der Waals surface area contributed by atoms with Crippen LogP contribution in [-0.2, 0) is 10.1 Å². The standard InChI is InChI=1S/C22H19N3O5S/c23-22(24)25-18-8-6-17(7-9-18)21(26)29-19-10-12-20(13-11-19)30-31(27,28)15-14-16-4-2-1-3-5-16/h1-15H,(H4,23,24,25). The molecule has 0 aliphatic rings. The van der Waals surface area contributed by atoms with Crippen LogP contribution < -0.4 is 20.4 Å². The van der Waals surface area contributed by atoms with Gasteiger partial charge in [-0.2, -0.15) is 8.42 Å². The van der Waals surface area contributed by atoms with Gasteiger partial charge in [0.2, 0.25) is 0 Å². The van der Waals surface area contributed by atoms with Crippen molar-refractivity contribution in [2.45, 2.75) is 0 Å². The zero-order valence-electron chi connectivity index (χ0n) is 16.2. The van der Waals surface area contributed by atoms with Gasteiger partial charge in [-0.25, -0.2) is 9.79 Å². The number of nitrogens with two attached hydrogens (primary N) is 2. The summed E-state index contributed by atoms with van der Waals surface area (Å²) in [7, 11) is -3.94. The number of ether oxygens (including phenoxy) is 1. The first-order chi connectivity index (χ1) is 14.8. The third kappa shape index (κ3) is 6.72. The topological polar surface area (TPSA) is 134 Å². The monoisotopic (exact) mass is 437 g/mol. The minimum Gasteiger partial charge on any atom is -0.423 e. The Morgan fingerprint density at radius 2 is 1.45 bits per heavy atom. The lowest BCUT2D eigenvalue weighted by Crippen LogP contribution is -2.21. The summed E-state index contributed by atoms with van der Waals surface area (Å²) in [6.45, 7) is 0. The van der Waals surface area contributed by atoms with Gasteiger partial charge in [-0.3, -0.25) is 0 Å². The Morgan fingerprint density at radius 3 is 2.06 bits per heavy atom. The molecule has 3 rings (SSSR count). The van der Waals surface area contributed by atoms with Crippen molar-refractivity contribution >= 4 is 33.8 Å². The average molecular weight is 437 g/mol. The van der Waals surface area contributed by atoms with Gasteiger partial charge in [-0.05, 0) is 60.2 Å². The number of aliphatic imine (C=N–C) groups is 1. The number of hydrogen-bond acceptors (Lipinski definition) is 6. The Balaban J connectivity index is 1.61. The Bertz CT molecular complexity index is 1200. The van der Waals surface area contributed by atoms with Crippen LogP contribution in [0.1, 0.15) is 15.9 Å². The van der Waals surface area contributed by atoms with Crippen LogP contribution in [0.4, 0.5) is 5.69 Å². The summed E-state index contributed by atoms with van der Waals surface area (Å²) in [5.74, 6) is -0.375. The van der Waals surface area contributed by atoms with E-state index >= 15 is 0 Å². The molecule has 9 heteroatoms. The van der Waals surface area contributed by atoms with E-state index in [1.54, 1.807) is 36.4 Å². The molecular weight excluding hydrogens is 418 g/mol. The van der Waals surface area contributed by atoms with Crippen LogP contribution in [0.3, 0.4) is 0 Å². The number of nitrogens with zero attached hydrogens (tertiary/aromatic N) is 1. The van der Waals surface area contributed by atoms with E-state index in [-0.39, 0.29) is 17.5 Å². The van der Waals surface area contributed by atoms with Gasteiger partial charge in [0, 0.05) is 0 Å². The highest BCUT2D eigenvalue weighted by atomic mass is 32.2. The number of hydrogen-bond donors (Lipinski definition) is 2. The smallest absolute Gasteiger partial charge is 0.343 e. The van der Waals surface area contributed by atoms with E-state index in [9.17, 15) is 13.2 Å². The summed E-state index contributed by atoms with van der Waals surface area (Å²) in [5, 5.41) is 0.974. The number of guanidine groups is 1. The third-order valence-corrected chi connectivity index (χ3v) is 4.73. The van der Waals surface area contributed by atoms with Gasteiger partial charge in [0.25, 0.3) is 0 Å². The molecule has 0 bridgehead atoms. The second kappa shape index (κ2) is 9.59. The van der Waals surface area contributed by atoms with Crippen LogP contribution in [0.5, 0.6) is 11.5 Å². The van der Waals surface area contributed by atoms with E-state index in [1.165, 1.54) is 42.5 Å². The molecule has 3 aromatic carbocycles. The maximum absolute atomic E-state index is 12.2. The molecule has 0 saturated carbocycles. The molecule has 158 valence electrons. The highest BCUT2D eigenvalue weighted by Crippen LogP contribution is 2.21. The van der Waals surface area contributed by atoms with Gasteiger partial charge in [0.1, 0.15) is 11.5 Å². The van der Waals surface area contributed by atoms with Crippen LogP contribution >= 0.6 is 0 Å². The number of carbonyl (C=O) groups excluding carboxylic acids is 1. The van der Waals surface area contributed by atoms with Gasteiger partial charge in [-0.1, -0.05) is 30.3 Å². The molecule has 0 amide bonds. The van der Waals surface area contributed by atoms with E-state index in [0.29, 0.717) is 11.3 Å². The van der Waals surface area contributed by atoms with Gasteiger partial charge in [0.05, 0.1) is 16.7 Å². The SMILES string of the molecule is NC(N)=Nc1ccc(C(=O)Oc2ccc(OS(=O)(=O)C=Cc3ccccc3)cc2)cc1. The first-order valence-corrected chi connectivity index (χ1v) is 10.5. The zero-order valence-corrected chi connectivity index (χ0v) is 17.0. The molecule has 0 fully saturated rings. The van der Waals surface area contributed by atoms with Crippen molar-refractivity contribution in [2.24, 2.45) is 16.5 Å². The van der Waals surface area contributed by atoms with Crippen LogP contribution in [0.25, 0.3) is 6.08 Å². The fourth-order valence-electron chi connectivity index (χ4n) is 2.44. The summed E-state index contributed by atoms with van der Waals surface area (Å²) in [4.78, 5) is 16.1. The summed E-state index contributed by atoms with van der Waals surface area (Å²) < 4.78 is 34.5. The van der Waals surface area contributed by atoms with E-state index in [2.05, 4.69) is 4.99 Å². The maximum atomic E-state index is 12.2. The summed E-state index contributed by atoms with van der Waals surface area (Å²) in [6, 6.07) is 20.8. The molecule has 31 heavy (non-hydrogen) atoms. The van der Waals surface area contributed by atoms with Crippen molar-refractivity contribution < 1.29 is 22.1 Å². The van der Waals surface area contributed by atoms with E-state index in [4.69, 9.17) is 20.4 Å². The van der Waals surface area contributed by atoms with Crippen LogP contribution in [0.15, 0.2) is 89.3 Å². The molecule has 0 saturated heterocycles. The van der Waals surface area contributed by atoms with Crippen molar-refractivity contribution in [3.05, 3.63) is 95.4 Å². The Labute approximate surface area is 179 Å². The van der Waals surface area contributed by atoms with Gasteiger partial charge >= 0.3 is 16.1 Å². The van der Waals surface area contributed by atoms with E-state index in [1.807, 2.05) is 6.07 Å². The molecule has 0 aliphatic carbocycles. The number of esters is 1. The van der Waals surface area contributed by atoms with Crippen molar-refractivity contribution in [3.63, 3.8) is 0 Å². The highest BCUT2D eigenvalue weighted by Gasteiger charge is 2.11. The van der Waals surface area contributed by atoms with Crippen molar-refractivity contribution in [1.29, 1.82) is 0 Å². The lowest BCUT2D eigenvalue weighted by atomic mass is 10.2. The number of rotatable bonds is 7. The van der Waals surface area contributed by atoms with Gasteiger partial charge in [-0.15, -0.1) is 0 Å². The second-order valence-electron chi connectivity index (χ2n) is 6.23. The first kappa shape index (κ1) is 21.6. The maximum Gasteiger partial charge on any atom is 0.343 e. The van der Waals surface area contributed by atoms with Crippen LogP contribution in [-0.4, -0.2) is 20.3 Å². The Kier molecular flexibility index (Phi) is 6.68. The molecule has 0 atom stereocenters. The first-order valence-electron chi connectivity index (χ1n) is 9.00. The third-order valence-electron chi connectivity index (χ3n) is 3.83. The fraction of sp³-hybridized carbons (Fsp3) is 0. The Hall–Kier alpha value is -4.11. The average Bonchev–Trinajstić information content (AvgIpc) is 2.74. The van der Waals surface area contributed by atoms with Gasteiger partial charge in [0.15, 0.2) is 5.96 Å². The van der Waals surface area contributed by atoms with Crippen molar-refractivity contribution in [2.75, 3.05) is 0 Å². The van der Waals surface area contributed by atoms with Gasteiger partial charge < -0.3 is 20.4 Å². The van der Waals surface area contributed by atoms with E-state index < -0.39 is 16.1 Å². The number of carbonyl (C=O) groups is 1. The molecule has 0 aliphatic heterocycles. The molecule has 4 N–H and O–H groups in total. The lowest BCUT2D eigenvalue weighted by Gasteiger charge is -2.07. The molecule has 8 nitrogen and oxygen atoms in total. The fourth-order valence-corrected chi connectivity index (χ4v) is 3.20. The summed E-state index contributed by atoms with van der Waals surface area (Å²) >= 11 is 0. The largest absolute Gasteiger partial charge is 0.423 e. The zero-order chi connectivity index (χ0) is 22.3. The summed E-state index contributed by atoms with van der Waals surface area (Å²) in [5.41, 5.74) is 12.1. The van der Waals surface area contributed by atoms with Crippen LogP contribution in [0.2, 0.25) is 0 Å². The van der Waals surface area contributed by atoms with Crippen molar-refractivity contribution in [1.82, 2.24) is 0 Å². The minimum absolute atomic E-state index is 0.0825. The Morgan fingerprint density at radius 1 is 0.839 bits per heavy atom. The van der Waals surface area contributed by atoms with Crippen LogP contribution in [0, 0.1) is 0 Å². The molecule has 0 heterocycles. The quantitative estimate of drug-likeness (QED) is 0.191. The normalized spacial score (nSPS) is 11.1. The lowest BCUT2D eigenvalue weighted by molar-refractivity contribution is 0.0734. The molecule has 0 aromatic heterocycles. The predicted molar refractivity (Wildman–Crippen MR) is 118 cm³/mol. The molecular formula is C22H19N3O5S. The molecule has 0 spiro atoms. The molecule has 0 radical (unpaired) electrons. The highest BCUT2D eigenvalue weighted by molar-refractivity contribution is 7.90. The molecule has 0 unspecified atom stereocenters. The van der Waals surface area contributed by atoms with E-state index in [0.717, 1.165) is 11.0 Å². The molecule has 3 aromatic rings. The summed E-state index contributed by atoms with van der Waals surface area (Å²) in [6.07, 6.45) is 1.43. The van der Waals surface area contributed by atoms with Crippen molar-refractivity contribution in [3.8, 4) is 11.5 Å². The predicted octanol–water partition coefficient (Wildman–Crippen LogP) is 3.19.